The molecule has 0 aliphatic carbocycles. The van der Waals surface area contributed by atoms with Crippen LogP contribution in [-0.4, -0.2) is 55.0 Å². The van der Waals surface area contributed by atoms with E-state index < -0.39 is 0 Å². The number of carbonyl (C=O) groups excluding carboxylic acids is 2. The molecule has 1 aliphatic rings. The molecule has 1 saturated heterocycles. The van der Waals surface area contributed by atoms with Crippen LogP contribution >= 0.6 is 0 Å². The highest BCUT2D eigenvalue weighted by molar-refractivity contribution is 5.89. The van der Waals surface area contributed by atoms with E-state index in [4.69, 9.17) is 4.74 Å². The summed E-state index contributed by atoms with van der Waals surface area (Å²) in [6, 6.07) is 8.00. The Kier molecular flexibility index (Phi) is 6.28. The number of nitrogens with one attached hydrogen (secondary N) is 2. The highest BCUT2D eigenvalue weighted by Gasteiger charge is 2.28. The molecule has 2 N–H and O–H groups in total. The predicted molar refractivity (Wildman–Crippen MR) is 101 cm³/mol. The lowest BCUT2D eigenvalue weighted by atomic mass is 9.96. The Balaban J connectivity index is 1.55. The fourth-order valence-electron chi connectivity index (χ4n) is 3.54. The normalized spacial score (nSPS) is 17.4. The fraction of sp³-hybridized carbons (Fsp3) is 0.500. The lowest BCUT2D eigenvalue weighted by Crippen LogP contribution is -2.46. The van der Waals surface area contributed by atoms with Gasteiger partial charge in [0.2, 0.25) is 11.8 Å². The van der Waals surface area contributed by atoms with Gasteiger partial charge in [-0.2, -0.15) is 0 Å². The van der Waals surface area contributed by atoms with Crippen molar-refractivity contribution in [3.8, 4) is 0 Å². The van der Waals surface area contributed by atoms with Gasteiger partial charge in [0, 0.05) is 50.5 Å². The number of carbonyl (C=O) groups is 2. The molecule has 2 aromatic rings. The van der Waals surface area contributed by atoms with E-state index in [0.29, 0.717) is 26.1 Å². The lowest BCUT2D eigenvalue weighted by Gasteiger charge is -2.32. The molecule has 0 saturated carbocycles. The molecule has 1 unspecified atom stereocenters. The minimum absolute atomic E-state index is 0.0469. The molecule has 0 radical (unpaired) electrons. The number of piperidine rings is 1. The first-order chi connectivity index (χ1) is 12.7. The van der Waals surface area contributed by atoms with Gasteiger partial charge in [0.25, 0.3) is 0 Å². The van der Waals surface area contributed by atoms with Crippen molar-refractivity contribution in [1.29, 1.82) is 0 Å². The summed E-state index contributed by atoms with van der Waals surface area (Å²) in [5.74, 6) is 0.0237. The topological polar surface area (TPSA) is 74.4 Å². The van der Waals surface area contributed by atoms with Gasteiger partial charge in [-0.25, -0.2) is 0 Å². The molecule has 2 heterocycles. The van der Waals surface area contributed by atoms with E-state index in [1.807, 2.05) is 35.4 Å². The molecule has 1 aromatic carbocycles. The summed E-state index contributed by atoms with van der Waals surface area (Å²) in [5, 5.41) is 4.04. The summed E-state index contributed by atoms with van der Waals surface area (Å²) < 4.78 is 4.99. The number of para-hydroxylation sites is 1. The predicted octanol–water partition coefficient (Wildman–Crippen LogP) is 2.10. The molecule has 0 bridgehead atoms. The van der Waals surface area contributed by atoms with E-state index in [1.165, 1.54) is 0 Å². The van der Waals surface area contributed by atoms with E-state index in [1.54, 1.807) is 7.11 Å². The molecule has 2 amide bonds. The maximum absolute atomic E-state index is 12.7. The second-order valence-electron chi connectivity index (χ2n) is 6.85. The van der Waals surface area contributed by atoms with Crippen molar-refractivity contribution in [2.75, 3.05) is 33.4 Å². The zero-order valence-electron chi connectivity index (χ0n) is 15.3. The van der Waals surface area contributed by atoms with Gasteiger partial charge in [0.1, 0.15) is 0 Å². The molecule has 6 nitrogen and oxygen atoms in total. The molecule has 0 spiro atoms. The number of rotatable bonds is 7. The van der Waals surface area contributed by atoms with E-state index in [9.17, 15) is 9.59 Å². The van der Waals surface area contributed by atoms with E-state index in [2.05, 4.69) is 10.3 Å². The van der Waals surface area contributed by atoms with Gasteiger partial charge in [-0.1, -0.05) is 18.2 Å². The first-order valence-corrected chi connectivity index (χ1v) is 9.28. The maximum Gasteiger partial charge on any atom is 0.227 e. The Morgan fingerprint density at radius 3 is 3.04 bits per heavy atom. The zero-order chi connectivity index (χ0) is 18.4. The summed E-state index contributed by atoms with van der Waals surface area (Å²) in [4.78, 5) is 30.1. The van der Waals surface area contributed by atoms with Crippen LogP contribution in [-0.2, 0) is 20.7 Å². The second-order valence-corrected chi connectivity index (χ2v) is 6.85. The lowest BCUT2D eigenvalue weighted by molar-refractivity contribution is -0.135. The smallest absolute Gasteiger partial charge is 0.227 e. The summed E-state index contributed by atoms with van der Waals surface area (Å²) in [5.41, 5.74) is 2.05. The number of fused-ring (bicyclic) bond motifs is 1. The van der Waals surface area contributed by atoms with E-state index >= 15 is 0 Å². The van der Waals surface area contributed by atoms with Crippen LogP contribution in [0.4, 0.5) is 0 Å². The first kappa shape index (κ1) is 18.5. The Morgan fingerprint density at radius 1 is 1.35 bits per heavy atom. The van der Waals surface area contributed by atoms with Crippen molar-refractivity contribution in [3.05, 3.63) is 36.0 Å². The van der Waals surface area contributed by atoms with Crippen molar-refractivity contribution in [3.63, 3.8) is 0 Å². The number of hydrogen-bond donors (Lipinski definition) is 2. The molecule has 140 valence electrons. The molecule has 1 aromatic heterocycles. The van der Waals surface area contributed by atoms with Crippen molar-refractivity contribution in [2.45, 2.75) is 25.7 Å². The third-order valence-corrected chi connectivity index (χ3v) is 4.99. The Morgan fingerprint density at radius 2 is 2.19 bits per heavy atom. The largest absolute Gasteiger partial charge is 0.385 e. The van der Waals surface area contributed by atoms with E-state index in [-0.39, 0.29) is 17.7 Å². The van der Waals surface area contributed by atoms with Crippen LogP contribution in [0.2, 0.25) is 0 Å². The average molecular weight is 357 g/mol. The van der Waals surface area contributed by atoms with Crippen molar-refractivity contribution >= 4 is 22.7 Å². The summed E-state index contributed by atoms with van der Waals surface area (Å²) in [6.45, 7) is 2.50. The summed E-state index contributed by atoms with van der Waals surface area (Å²) in [7, 11) is 1.65. The zero-order valence-corrected chi connectivity index (χ0v) is 15.3. The van der Waals surface area contributed by atoms with Crippen molar-refractivity contribution < 1.29 is 14.3 Å². The minimum Gasteiger partial charge on any atom is -0.385 e. The Hall–Kier alpha value is -2.34. The number of hydrogen-bond acceptors (Lipinski definition) is 3. The molecule has 6 heteroatoms. The van der Waals surface area contributed by atoms with Crippen LogP contribution in [0.15, 0.2) is 30.5 Å². The fourth-order valence-corrected chi connectivity index (χ4v) is 3.54. The number of benzene rings is 1. The summed E-state index contributed by atoms with van der Waals surface area (Å²) in [6.07, 6.45) is 4.79. The van der Waals surface area contributed by atoms with E-state index in [0.717, 1.165) is 42.3 Å². The number of methoxy groups -OCH3 is 1. The van der Waals surface area contributed by atoms with Crippen molar-refractivity contribution in [2.24, 2.45) is 5.92 Å². The third kappa shape index (κ3) is 4.43. The quantitative estimate of drug-likeness (QED) is 0.745. The highest BCUT2D eigenvalue weighted by Crippen LogP contribution is 2.21. The molecule has 1 fully saturated rings. The van der Waals surface area contributed by atoms with Crippen LogP contribution < -0.4 is 5.32 Å². The molecular formula is C20H27N3O3. The molecule has 1 atom stereocenters. The van der Waals surface area contributed by atoms with Gasteiger partial charge in [-0.3, -0.25) is 9.59 Å². The number of likely N-dealkylation sites (tertiary alicyclic amines) is 1. The number of nitrogens with zero attached hydrogens (tertiary/aromatic N) is 1. The van der Waals surface area contributed by atoms with Crippen LogP contribution in [0.5, 0.6) is 0 Å². The van der Waals surface area contributed by atoms with Crippen LogP contribution in [0, 0.1) is 5.92 Å². The van der Waals surface area contributed by atoms with Gasteiger partial charge in [-0.05, 0) is 30.9 Å². The molecule has 1 aliphatic heterocycles. The highest BCUT2D eigenvalue weighted by atomic mass is 16.5. The number of H-pyrrole nitrogens is 1. The standard InChI is InChI=1S/C20H27N3O3/c1-26-11-5-9-21-20(25)15-6-4-10-23(14-15)19(24)12-16-13-22-18-8-3-2-7-17(16)18/h2-3,7-8,13,15,22H,4-6,9-12,14H2,1H3,(H,21,25). The molecule has 3 rings (SSSR count). The first-order valence-electron chi connectivity index (χ1n) is 9.28. The van der Waals surface area contributed by atoms with Gasteiger partial charge in [0.15, 0.2) is 0 Å². The van der Waals surface area contributed by atoms with Gasteiger partial charge in [0.05, 0.1) is 12.3 Å². The van der Waals surface area contributed by atoms with Crippen LogP contribution in [0.25, 0.3) is 10.9 Å². The SMILES string of the molecule is COCCCNC(=O)C1CCCN(C(=O)Cc2c[nH]c3ccccc23)C1. The minimum atomic E-state index is -0.113. The van der Waals surface area contributed by atoms with Crippen LogP contribution in [0.3, 0.4) is 0 Å². The number of ether oxygens (including phenoxy) is 1. The molecule has 26 heavy (non-hydrogen) atoms. The monoisotopic (exact) mass is 357 g/mol. The summed E-state index contributed by atoms with van der Waals surface area (Å²) >= 11 is 0. The Labute approximate surface area is 153 Å². The van der Waals surface area contributed by atoms with Gasteiger partial charge < -0.3 is 19.9 Å². The number of aromatic nitrogens is 1. The van der Waals surface area contributed by atoms with Crippen LogP contribution in [0.1, 0.15) is 24.8 Å². The third-order valence-electron chi connectivity index (χ3n) is 4.99. The Bertz CT molecular complexity index is 756. The van der Waals surface area contributed by atoms with Gasteiger partial charge >= 0.3 is 0 Å². The second kappa shape index (κ2) is 8.85. The van der Waals surface area contributed by atoms with Crippen molar-refractivity contribution in [1.82, 2.24) is 15.2 Å². The maximum atomic E-state index is 12.7. The number of aromatic amines is 1. The number of amides is 2. The molecular weight excluding hydrogens is 330 g/mol. The van der Waals surface area contributed by atoms with Gasteiger partial charge in [-0.15, -0.1) is 0 Å². The average Bonchev–Trinajstić information content (AvgIpc) is 3.08.